The van der Waals surface area contributed by atoms with E-state index in [1.165, 1.54) is 7.11 Å². The number of terminal acetylenes is 1. The largest absolute Gasteiger partial charge is 0.480 e. The van der Waals surface area contributed by atoms with E-state index >= 15 is 0 Å². The number of carboxylic acids is 1. The lowest BCUT2D eigenvalue weighted by Gasteiger charge is -2.18. The van der Waals surface area contributed by atoms with Crippen molar-refractivity contribution in [1.82, 2.24) is 5.32 Å². The number of carboxylic acid groups (broad SMARTS) is 1. The predicted molar refractivity (Wildman–Crippen MR) is 69.2 cm³/mol. The van der Waals surface area contributed by atoms with E-state index in [2.05, 4.69) is 11.2 Å². The number of carbonyl (C=O) groups is 2. The number of nitrogens with one attached hydrogen (secondary N) is 1. The molecule has 1 aromatic rings. The van der Waals surface area contributed by atoms with Gasteiger partial charge in [0.1, 0.15) is 6.04 Å². The lowest BCUT2D eigenvalue weighted by Crippen LogP contribution is -2.43. The molecule has 0 heterocycles. The van der Waals surface area contributed by atoms with Gasteiger partial charge in [-0.05, 0) is 5.56 Å². The maximum atomic E-state index is 12.0. The first-order valence-electron chi connectivity index (χ1n) is 5.64. The quantitative estimate of drug-likeness (QED) is 0.748. The molecule has 0 fully saturated rings. The minimum Gasteiger partial charge on any atom is -0.480 e. The van der Waals surface area contributed by atoms with E-state index in [4.69, 9.17) is 16.3 Å². The van der Waals surface area contributed by atoms with Crippen molar-refractivity contribution in [3.8, 4) is 12.3 Å². The second-order valence-corrected chi connectivity index (χ2v) is 3.83. The molecular weight excluding hydrogens is 246 g/mol. The van der Waals surface area contributed by atoms with Crippen LogP contribution in [0.4, 0.5) is 0 Å². The van der Waals surface area contributed by atoms with Crippen LogP contribution in [0.3, 0.4) is 0 Å². The number of hydrogen-bond donors (Lipinski definition) is 2. The number of carbonyl (C=O) groups excluding carboxylic acids is 1. The molecule has 19 heavy (non-hydrogen) atoms. The van der Waals surface area contributed by atoms with E-state index in [1.807, 2.05) is 6.07 Å². The Bertz CT molecular complexity index is 478. The lowest BCUT2D eigenvalue weighted by molar-refractivity contribution is -0.143. The van der Waals surface area contributed by atoms with Gasteiger partial charge < -0.3 is 15.2 Å². The van der Waals surface area contributed by atoms with Gasteiger partial charge in [-0.1, -0.05) is 30.3 Å². The fourth-order valence-corrected chi connectivity index (χ4v) is 1.59. The number of aliphatic carboxylic acids is 1. The van der Waals surface area contributed by atoms with Crippen molar-refractivity contribution in [2.24, 2.45) is 0 Å². The highest BCUT2D eigenvalue weighted by Gasteiger charge is 2.25. The molecule has 0 saturated heterocycles. The molecule has 1 aromatic carbocycles. The average Bonchev–Trinajstić information content (AvgIpc) is 2.40. The van der Waals surface area contributed by atoms with Crippen molar-refractivity contribution in [2.45, 2.75) is 18.6 Å². The molecule has 1 rings (SSSR count). The number of amides is 1. The summed E-state index contributed by atoms with van der Waals surface area (Å²) in [7, 11) is 1.38. The van der Waals surface area contributed by atoms with Crippen molar-refractivity contribution in [1.29, 1.82) is 0 Å². The summed E-state index contributed by atoms with van der Waals surface area (Å²) < 4.78 is 5.10. The van der Waals surface area contributed by atoms with Gasteiger partial charge in [-0.25, -0.2) is 4.79 Å². The zero-order valence-electron chi connectivity index (χ0n) is 10.5. The molecule has 0 radical (unpaired) electrons. The molecule has 0 spiro atoms. The molecule has 0 aromatic heterocycles. The van der Waals surface area contributed by atoms with Gasteiger partial charge in [-0.15, -0.1) is 12.3 Å². The minimum atomic E-state index is -1.17. The number of benzene rings is 1. The fourth-order valence-electron chi connectivity index (χ4n) is 1.59. The zero-order chi connectivity index (χ0) is 14.3. The van der Waals surface area contributed by atoms with Crippen LogP contribution < -0.4 is 5.32 Å². The van der Waals surface area contributed by atoms with Crippen LogP contribution in [-0.4, -0.2) is 30.1 Å². The standard InChI is InChI=1S/C14H15NO4/c1-3-7-11(14(17)18)15-13(16)12(19-2)10-8-5-4-6-9-10/h1,4-6,8-9,11-12H,7H2,2H3,(H,15,16)(H,17,18). The van der Waals surface area contributed by atoms with Gasteiger partial charge in [-0.3, -0.25) is 4.79 Å². The molecule has 0 aliphatic carbocycles. The summed E-state index contributed by atoms with van der Waals surface area (Å²) in [5.74, 6) is 0.512. The molecule has 5 nitrogen and oxygen atoms in total. The van der Waals surface area contributed by atoms with Crippen molar-refractivity contribution in [3.05, 3.63) is 35.9 Å². The number of methoxy groups -OCH3 is 1. The Morgan fingerprint density at radius 3 is 2.53 bits per heavy atom. The Hall–Kier alpha value is -2.32. The van der Waals surface area contributed by atoms with Crippen LogP contribution >= 0.6 is 0 Å². The maximum Gasteiger partial charge on any atom is 0.327 e. The molecular formula is C14H15NO4. The van der Waals surface area contributed by atoms with Gasteiger partial charge in [0.15, 0.2) is 6.10 Å². The molecule has 0 bridgehead atoms. The lowest BCUT2D eigenvalue weighted by atomic mass is 10.1. The van der Waals surface area contributed by atoms with Crippen molar-refractivity contribution >= 4 is 11.9 Å². The van der Waals surface area contributed by atoms with E-state index in [0.717, 1.165) is 0 Å². The third-order valence-electron chi connectivity index (χ3n) is 2.51. The van der Waals surface area contributed by atoms with Gasteiger partial charge in [0.2, 0.25) is 0 Å². The Balaban J connectivity index is 2.80. The molecule has 1 amide bonds. The van der Waals surface area contributed by atoms with Crippen LogP contribution in [0.2, 0.25) is 0 Å². The summed E-state index contributed by atoms with van der Waals surface area (Å²) >= 11 is 0. The van der Waals surface area contributed by atoms with Gasteiger partial charge in [0, 0.05) is 13.5 Å². The monoisotopic (exact) mass is 261 g/mol. The molecule has 0 aliphatic heterocycles. The summed E-state index contributed by atoms with van der Waals surface area (Å²) in [5.41, 5.74) is 0.646. The summed E-state index contributed by atoms with van der Waals surface area (Å²) in [4.78, 5) is 22.9. The summed E-state index contributed by atoms with van der Waals surface area (Å²) in [6.45, 7) is 0. The van der Waals surface area contributed by atoms with Gasteiger partial charge in [0.25, 0.3) is 5.91 Å². The number of hydrogen-bond acceptors (Lipinski definition) is 3. The van der Waals surface area contributed by atoms with Crippen LogP contribution in [0.5, 0.6) is 0 Å². The fraction of sp³-hybridized carbons (Fsp3) is 0.286. The van der Waals surface area contributed by atoms with Gasteiger partial charge in [0.05, 0.1) is 0 Å². The Kier molecular flexibility index (Phi) is 5.58. The molecule has 2 unspecified atom stereocenters. The molecule has 0 saturated carbocycles. The Labute approximate surface area is 111 Å². The minimum absolute atomic E-state index is 0.0771. The first-order chi connectivity index (χ1) is 9.10. The third kappa shape index (κ3) is 4.12. The van der Waals surface area contributed by atoms with Gasteiger partial charge >= 0.3 is 5.97 Å². The normalized spacial score (nSPS) is 13.1. The van der Waals surface area contributed by atoms with Crippen molar-refractivity contribution in [2.75, 3.05) is 7.11 Å². The van der Waals surface area contributed by atoms with Gasteiger partial charge in [-0.2, -0.15) is 0 Å². The van der Waals surface area contributed by atoms with E-state index in [9.17, 15) is 9.59 Å². The van der Waals surface area contributed by atoms with E-state index < -0.39 is 24.0 Å². The average molecular weight is 261 g/mol. The van der Waals surface area contributed by atoms with Crippen LogP contribution in [0.1, 0.15) is 18.1 Å². The third-order valence-corrected chi connectivity index (χ3v) is 2.51. The second kappa shape index (κ2) is 7.19. The topological polar surface area (TPSA) is 75.6 Å². The molecule has 5 heteroatoms. The first-order valence-corrected chi connectivity index (χ1v) is 5.64. The predicted octanol–water partition coefficient (Wildman–Crippen LogP) is 0.967. The van der Waals surface area contributed by atoms with Crippen LogP contribution in [-0.2, 0) is 14.3 Å². The molecule has 2 atom stereocenters. The van der Waals surface area contributed by atoms with Crippen molar-refractivity contribution in [3.63, 3.8) is 0 Å². The highest BCUT2D eigenvalue weighted by molar-refractivity contribution is 5.87. The first kappa shape index (κ1) is 14.7. The second-order valence-electron chi connectivity index (χ2n) is 3.83. The van der Waals surface area contributed by atoms with E-state index in [1.54, 1.807) is 24.3 Å². The molecule has 100 valence electrons. The maximum absolute atomic E-state index is 12.0. The molecule has 0 aliphatic rings. The summed E-state index contributed by atoms with van der Waals surface area (Å²) in [6, 6.07) is 7.69. The Morgan fingerprint density at radius 1 is 1.42 bits per heavy atom. The van der Waals surface area contributed by atoms with E-state index in [-0.39, 0.29) is 6.42 Å². The van der Waals surface area contributed by atoms with E-state index in [0.29, 0.717) is 5.56 Å². The summed E-state index contributed by atoms with van der Waals surface area (Å²) in [6.07, 6.45) is 4.13. The smallest absolute Gasteiger partial charge is 0.327 e. The zero-order valence-corrected chi connectivity index (χ0v) is 10.5. The van der Waals surface area contributed by atoms with Crippen LogP contribution in [0.25, 0.3) is 0 Å². The highest BCUT2D eigenvalue weighted by Crippen LogP contribution is 2.16. The SMILES string of the molecule is C#CCC(NC(=O)C(OC)c1ccccc1)C(=O)O. The number of rotatable bonds is 6. The Morgan fingerprint density at radius 2 is 2.05 bits per heavy atom. The highest BCUT2D eigenvalue weighted by atomic mass is 16.5. The summed E-state index contributed by atoms with van der Waals surface area (Å²) in [5, 5.41) is 11.3. The molecule has 2 N–H and O–H groups in total. The van der Waals surface area contributed by atoms with Crippen molar-refractivity contribution < 1.29 is 19.4 Å². The van der Waals surface area contributed by atoms with Crippen LogP contribution in [0, 0.1) is 12.3 Å². The van der Waals surface area contributed by atoms with Crippen LogP contribution in [0.15, 0.2) is 30.3 Å². The number of ether oxygens (including phenoxy) is 1.